The van der Waals surface area contributed by atoms with Crippen molar-refractivity contribution in [2.45, 2.75) is 6.42 Å². The monoisotopic (exact) mass is 355 g/mol. The van der Waals surface area contributed by atoms with Crippen LogP contribution in [0.1, 0.15) is 15.4 Å². The minimum absolute atomic E-state index is 0.277. The van der Waals surface area contributed by atoms with Crippen molar-refractivity contribution in [1.82, 2.24) is 10.2 Å². The average Bonchev–Trinajstić information content (AvgIpc) is 3.09. The molecule has 3 aromatic rings. The molecule has 0 spiro atoms. The van der Waals surface area contributed by atoms with E-state index >= 15 is 0 Å². The maximum atomic E-state index is 12.3. The number of para-hydroxylation sites is 2. The van der Waals surface area contributed by atoms with Crippen molar-refractivity contribution < 1.29 is 14.3 Å². The second-order valence-electron chi connectivity index (χ2n) is 5.07. The first-order chi connectivity index (χ1) is 12.3. The van der Waals surface area contributed by atoms with Gasteiger partial charge in [0.15, 0.2) is 0 Å². The molecule has 0 bridgehead atoms. The summed E-state index contributed by atoms with van der Waals surface area (Å²) in [6, 6.07) is 16.6. The van der Waals surface area contributed by atoms with Crippen LogP contribution in [0.15, 0.2) is 54.6 Å². The van der Waals surface area contributed by atoms with E-state index in [4.69, 9.17) is 9.47 Å². The molecule has 3 rings (SSSR count). The molecule has 6 nitrogen and oxygen atoms in total. The van der Waals surface area contributed by atoms with Crippen molar-refractivity contribution in [1.29, 1.82) is 0 Å². The molecular formula is C18H17N3O3S. The van der Waals surface area contributed by atoms with E-state index in [-0.39, 0.29) is 5.91 Å². The molecule has 0 aliphatic heterocycles. The zero-order valence-electron chi connectivity index (χ0n) is 13.6. The zero-order chi connectivity index (χ0) is 17.5. The highest BCUT2D eigenvalue weighted by Gasteiger charge is 2.14. The summed E-state index contributed by atoms with van der Waals surface area (Å²) < 4.78 is 10.8. The molecule has 1 aromatic heterocycles. The van der Waals surface area contributed by atoms with Crippen molar-refractivity contribution >= 4 is 22.4 Å². The van der Waals surface area contributed by atoms with E-state index in [0.717, 1.165) is 10.8 Å². The van der Waals surface area contributed by atoms with Crippen LogP contribution in [0, 0.1) is 0 Å². The van der Waals surface area contributed by atoms with Gasteiger partial charge in [0, 0.05) is 6.42 Å². The van der Waals surface area contributed by atoms with Crippen LogP contribution < -0.4 is 14.8 Å². The number of methoxy groups -OCH3 is 1. The number of carbonyl (C=O) groups is 1. The van der Waals surface area contributed by atoms with Gasteiger partial charge < -0.3 is 9.47 Å². The number of anilines is 1. The number of aromatic nitrogens is 2. The Balaban J connectivity index is 1.55. The Bertz CT molecular complexity index is 836. The molecule has 1 N–H and O–H groups in total. The van der Waals surface area contributed by atoms with E-state index in [9.17, 15) is 4.79 Å². The van der Waals surface area contributed by atoms with Crippen molar-refractivity contribution in [3.63, 3.8) is 0 Å². The van der Waals surface area contributed by atoms with Gasteiger partial charge in [-0.05, 0) is 24.3 Å². The van der Waals surface area contributed by atoms with E-state index in [1.54, 1.807) is 18.2 Å². The molecule has 128 valence electrons. The largest absolute Gasteiger partial charge is 0.496 e. The van der Waals surface area contributed by atoms with Crippen molar-refractivity contribution in [3.05, 3.63) is 65.2 Å². The van der Waals surface area contributed by atoms with Gasteiger partial charge in [-0.2, -0.15) is 0 Å². The standard InChI is InChI=1S/C18H17N3O3S/c1-23-15-10-6-5-9-14(15)17(22)19-18-21-20-16(25-18)11-12-24-13-7-3-2-4-8-13/h2-10H,11-12H2,1H3,(H,19,21,22). The summed E-state index contributed by atoms with van der Waals surface area (Å²) in [5.41, 5.74) is 0.453. The zero-order valence-corrected chi connectivity index (χ0v) is 14.5. The van der Waals surface area contributed by atoms with Gasteiger partial charge in [-0.1, -0.05) is 41.7 Å². The Hall–Kier alpha value is -2.93. The lowest BCUT2D eigenvalue weighted by Gasteiger charge is -2.06. The van der Waals surface area contributed by atoms with Gasteiger partial charge in [0.25, 0.3) is 5.91 Å². The molecule has 0 radical (unpaired) electrons. The molecule has 2 aromatic carbocycles. The Morgan fingerprint density at radius 2 is 1.84 bits per heavy atom. The lowest BCUT2D eigenvalue weighted by atomic mass is 10.2. The molecule has 0 fully saturated rings. The third-order valence-corrected chi connectivity index (χ3v) is 4.27. The number of hydrogen-bond acceptors (Lipinski definition) is 6. The topological polar surface area (TPSA) is 73.3 Å². The summed E-state index contributed by atoms with van der Waals surface area (Å²) in [4.78, 5) is 12.3. The van der Waals surface area contributed by atoms with Gasteiger partial charge in [0.1, 0.15) is 16.5 Å². The van der Waals surface area contributed by atoms with Crippen LogP contribution in [0.2, 0.25) is 0 Å². The number of nitrogens with zero attached hydrogens (tertiary/aromatic N) is 2. The first kappa shape index (κ1) is 16.9. The number of hydrogen-bond donors (Lipinski definition) is 1. The summed E-state index contributed by atoms with van der Waals surface area (Å²) in [5, 5.41) is 12.1. The Morgan fingerprint density at radius 3 is 2.64 bits per heavy atom. The van der Waals surface area contributed by atoms with E-state index in [2.05, 4.69) is 15.5 Å². The number of nitrogens with one attached hydrogen (secondary N) is 1. The smallest absolute Gasteiger partial charge is 0.261 e. The minimum Gasteiger partial charge on any atom is -0.496 e. The van der Waals surface area contributed by atoms with Crippen LogP contribution in [0.5, 0.6) is 11.5 Å². The lowest BCUT2D eigenvalue weighted by molar-refractivity contribution is 0.102. The van der Waals surface area contributed by atoms with E-state index < -0.39 is 0 Å². The van der Waals surface area contributed by atoms with Crippen LogP contribution in [0.4, 0.5) is 5.13 Å². The van der Waals surface area contributed by atoms with Gasteiger partial charge in [0.05, 0.1) is 19.3 Å². The van der Waals surface area contributed by atoms with Gasteiger partial charge >= 0.3 is 0 Å². The van der Waals surface area contributed by atoms with Crippen molar-refractivity contribution in [2.24, 2.45) is 0 Å². The lowest BCUT2D eigenvalue weighted by Crippen LogP contribution is -2.12. The second-order valence-corrected chi connectivity index (χ2v) is 6.13. The number of rotatable bonds is 7. The molecule has 7 heteroatoms. The molecule has 0 saturated heterocycles. The fourth-order valence-electron chi connectivity index (χ4n) is 2.17. The fraction of sp³-hybridized carbons (Fsp3) is 0.167. The highest BCUT2D eigenvalue weighted by atomic mass is 32.1. The molecule has 25 heavy (non-hydrogen) atoms. The van der Waals surface area contributed by atoms with Crippen LogP contribution in [0.3, 0.4) is 0 Å². The average molecular weight is 355 g/mol. The van der Waals surface area contributed by atoms with Crippen molar-refractivity contribution in [3.8, 4) is 11.5 Å². The number of amides is 1. The Kier molecular flexibility index (Phi) is 5.58. The highest BCUT2D eigenvalue weighted by molar-refractivity contribution is 7.15. The van der Waals surface area contributed by atoms with E-state index in [0.29, 0.717) is 29.5 Å². The summed E-state index contributed by atoms with van der Waals surface area (Å²) in [6.07, 6.45) is 0.622. The third-order valence-electron chi connectivity index (χ3n) is 3.37. The molecule has 1 heterocycles. The van der Waals surface area contributed by atoms with E-state index in [1.165, 1.54) is 18.4 Å². The third kappa shape index (κ3) is 4.54. The minimum atomic E-state index is -0.277. The van der Waals surface area contributed by atoms with Gasteiger partial charge in [0.2, 0.25) is 5.13 Å². The molecule has 0 atom stereocenters. The summed E-state index contributed by atoms with van der Waals surface area (Å²) in [6.45, 7) is 0.499. The summed E-state index contributed by atoms with van der Waals surface area (Å²) in [5.74, 6) is 1.05. The quantitative estimate of drug-likeness (QED) is 0.703. The molecule has 1 amide bonds. The van der Waals surface area contributed by atoms with Crippen LogP contribution in [-0.4, -0.2) is 29.8 Å². The van der Waals surface area contributed by atoms with Gasteiger partial charge in [-0.25, -0.2) is 0 Å². The maximum Gasteiger partial charge on any atom is 0.261 e. The van der Waals surface area contributed by atoms with Crippen LogP contribution in [0.25, 0.3) is 0 Å². The van der Waals surface area contributed by atoms with Gasteiger partial charge in [-0.15, -0.1) is 10.2 Å². The summed E-state index contributed by atoms with van der Waals surface area (Å²) >= 11 is 1.33. The SMILES string of the molecule is COc1ccccc1C(=O)Nc1nnc(CCOc2ccccc2)s1. The number of carbonyl (C=O) groups excluding carboxylic acids is 1. The van der Waals surface area contributed by atoms with Crippen LogP contribution >= 0.6 is 11.3 Å². The second kappa shape index (κ2) is 8.25. The van der Waals surface area contributed by atoms with Gasteiger partial charge in [-0.3, -0.25) is 10.1 Å². The molecule has 0 saturated carbocycles. The number of benzene rings is 2. The fourth-order valence-corrected chi connectivity index (χ4v) is 2.89. The number of ether oxygens (including phenoxy) is 2. The molecule has 0 aliphatic carbocycles. The van der Waals surface area contributed by atoms with E-state index in [1.807, 2.05) is 36.4 Å². The maximum absolute atomic E-state index is 12.3. The first-order valence-electron chi connectivity index (χ1n) is 7.71. The molecular weight excluding hydrogens is 338 g/mol. The summed E-state index contributed by atoms with van der Waals surface area (Å²) in [7, 11) is 1.53. The predicted molar refractivity (Wildman–Crippen MR) is 96.5 cm³/mol. The molecule has 0 unspecified atom stereocenters. The first-order valence-corrected chi connectivity index (χ1v) is 8.52. The Morgan fingerprint density at radius 1 is 1.08 bits per heavy atom. The Labute approximate surface area is 149 Å². The molecule has 0 aliphatic rings. The normalized spacial score (nSPS) is 10.3. The van der Waals surface area contributed by atoms with Crippen LogP contribution in [-0.2, 0) is 6.42 Å². The predicted octanol–water partition coefficient (Wildman–Crippen LogP) is 3.42. The highest BCUT2D eigenvalue weighted by Crippen LogP contribution is 2.21. The van der Waals surface area contributed by atoms with Crippen molar-refractivity contribution in [2.75, 3.05) is 19.0 Å².